The van der Waals surface area contributed by atoms with Crippen LogP contribution in [0, 0.1) is 13.8 Å². The summed E-state index contributed by atoms with van der Waals surface area (Å²) in [5.74, 6) is 2.81. The highest BCUT2D eigenvalue weighted by Crippen LogP contribution is 2.26. The molecule has 0 bridgehead atoms. The number of hydrogen-bond acceptors (Lipinski definition) is 5. The zero-order valence-corrected chi connectivity index (χ0v) is 17.8. The Morgan fingerprint density at radius 2 is 1.79 bits per heavy atom. The summed E-state index contributed by atoms with van der Waals surface area (Å²) in [6, 6.07) is 2.16. The van der Waals surface area contributed by atoms with Gasteiger partial charge in [0, 0.05) is 31.7 Å². The third-order valence-electron chi connectivity index (χ3n) is 6.38. The van der Waals surface area contributed by atoms with Crippen LogP contribution in [0.1, 0.15) is 61.1 Å². The molecular formula is C21H35N7. The molecule has 4 rings (SSSR count). The van der Waals surface area contributed by atoms with Crippen molar-refractivity contribution in [2.75, 3.05) is 32.7 Å². The molecule has 2 aliphatic heterocycles. The molecule has 0 amide bonds. The Hall–Kier alpha value is -1.73. The van der Waals surface area contributed by atoms with Crippen LogP contribution < -0.4 is 0 Å². The van der Waals surface area contributed by atoms with Gasteiger partial charge >= 0.3 is 0 Å². The topological polar surface area (TPSA) is 55.0 Å². The molecule has 0 radical (unpaired) electrons. The van der Waals surface area contributed by atoms with Crippen LogP contribution in [0.3, 0.4) is 0 Å². The lowest BCUT2D eigenvalue weighted by molar-refractivity contribution is 0.196. The minimum atomic E-state index is 0.507. The number of aromatic nitrogens is 5. The van der Waals surface area contributed by atoms with Gasteiger partial charge < -0.3 is 9.47 Å². The molecule has 2 aromatic rings. The first-order valence-electron chi connectivity index (χ1n) is 10.9. The number of aryl methyl sites for hydroxylation is 3. The largest absolute Gasteiger partial charge is 0.317 e. The molecular weight excluding hydrogens is 350 g/mol. The molecule has 0 unspecified atom stereocenters. The Labute approximate surface area is 168 Å². The van der Waals surface area contributed by atoms with Crippen LogP contribution >= 0.6 is 0 Å². The Morgan fingerprint density at radius 1 is 1.00 bits per heavy atom. The van der Waals surface area contributed by atoms with Crippen molar-refractivity contribution in [2.24, 2.45) is 7.05 Å². The minimum absolute atomic E-state index is 0.507. The van der Waals surface area contributed by atoms with Gasteiger partial charge in [-0.1, -0.05) is 0 Å². The predicted molar refractivity (Wildman–Crippen MR) is 110 cm³/mol. The summed E-state index contributed by atoms with van der Waals surface area (Å²) in [5, 5.41) is 13.7. The van der Waals surface area contributed by atoms with E-state index in [4.69, 9.17) is 0 Å². The van der Waals surface area contributed by atoms with Crippen molar-refractivity contribution in [3.63, 3.8) is 0 Å². The minimum Gasteiger partial charge on any atom is -0.317 e. The van der Waals surface area contributed by atoms with Crippen LogP contribution in [-0.4, -0.2) is 67.1 Å². The van der Waals surface area contributed by atoms with Crippen LogP contribution in [0.15, 0.2) is 6.07 Å². The van der Waals surface area contributed by atoms with Crippen molar-refractivity contribution in [1.82, 2.24) is 34.3 Å². The van der Waals surface area contributed by atoms with Crippen LogP contribution in [0.5, 0.6) is 0 Å². The van der Waals surface area contributed by atoms with Gasteiger partial charge in [0.25, 0.3) is 0 Å². The summed E-state index contributed by atoms with van der Waals surface area (Å²) in [6.07, 6.45) is 6.26. The van der Waals surface area contributed by atoms with Gasteiger partial charge in [-0.25, -0.2) is 0 Å². The molecule has 154 valence electrons. The molecule has 0 aliphatic carbocycles. The maximum atomic E-state index is 4.60. The van der Waals surface area contributed by atoms with Crippen molar-refractivity contribution in [2.45, 2.75) is 65.0 Å². The van der Waals surface area contributed by atoms with Gasteiger partial charge in [-0.2, -0.15) is 5.10 Å². The predicted octanol–water partition coefficient (Wildman–Crippen LogP) is 2.49. The zero-order valence-electron chi connectivity index (χ0n) is 17.8. The number of rotatable bonds is 7. The molecule has 2 aliphatic rings. The van der Waals surface area contributed by atoms with Gasteiger partial charge in [0.15, 0.2) is 0 Å². The first-order chi connectivity index (χ1) is 13.6. The molecule has 0 saturated carbocycles. The normalized spacial score (nSPS) is 21.6. The molecule has 0 N–H and O–H groups in total. The van der Waals surface area contributed by atoms with Gasteiger partial charge in [-0.15, -0.1) is 10.2 Å². The molecule has 2 fully saturated rings. The lowest BCUT2D eigenvalue weighted by atomic mass is 9.97. The molecule has 7 nitrogen and oxygen atoms in total. The lowest BCUT2D eigenvalue weighted by Gasteiger charge is -2.32. The van der Waals surface area contributed by atoms with Crippen LogP contribution in [0.25, 0.3) is 0 Å². The van der Waals surface area contributed by atoms with Crippen molar-refractivity contribution in [1.29, 1.82) is 0 Å². The number of nitrogens with zero attached hydrogens (tertiary/aromatic N) is 7. The summed E-state index contributed by atoms with van der Waals surface area (Å²) >= 11 is 0. The third kappa shape index (κ3) is 4.46. The fourth-order valence-corrected chi connectivity index (χ4v) is 4.82. The maximum absolute atomic E-state index is 4.60. The van der Waals surface area contributed by atoms with E-state index in [1.165, 1.54) is 56.8 Å². The Bertz CT molecular complexity index is 772. The van der Waals surface area contributed by atoms with Crippen LogP contribution in [0.2, 0.25) is 0 Å². The fraction of sp³-hybridized carbons (Fsp3) is 0.762. The maximum Gasteiger partial charge on any atom is 0.146 e. The van der Waals surface area contributed by atoms with E-state index in [0.29, 0.717) is 5.92 Å². The molecule has 1 atom stereocenters. The van der Waals surface area contributed by atoms with Gasteiger partial charge in [0.1, 0.15) is 11.6 Å². The summed E-state index contributed by atoms with van der Waals surface area (Å²) in [6.45, 7) is 12.0. The zero-order chi connectivity index (χ0) is 19.5. The van der Waals surface area contributed by atoms with E-state index in [-0.39, 0.29) is 0 Å². The SMILES string of the molecule is Cc1cc(C)n(CCCN2CCC[C@@H](c3nnc(CN4CCCC4)n3C)C2)n1. The summed E-state index contributed by atoms with van der Waals surface area (Å²) < 4.78 is 4.41. The number of piperidine rings is 1. The highest BCUT2D eigenvalue weighted by Gasteiger charge is 2.26. The van der Waals surface area contributed by atoms with E-state index in [9.17, 15) is 0 Å². The first-order valence-corrected chi connectivity index (χ1v) is 10.9. The highest BCUT2D eigenvalue weighted by molar-refractivity contribution is 5.06. The van der Waals surface area contributed by atoms with Gasteiger partial charge in [-0.05, 0) is 78.2 Å². The average molecular weight is 386 g/mol. The van der Waals surface area contributed by atoms with Gasteiger partial charge in [-0.3, -0.25) is 9.58 Å². The summed E-state index contributed by atoms with van der Waals surface area (Å²) in [5.41, 5.74) is 2.38. The molecule has 0 spiro atoms. The summed E-state index contributed by atoms with van der Waals surface area (Å²) in [7, 11) is 2.16. The monoisotopic (exact) mass is 385 g/mol. The molecule has 7 heteroatoms. The van der Waals surface area contributed by atoms with E-state index in [1.54, 1.807) is 0 Å². The van der Waals surface area contributed by atoms with Crippen molar-refractivity contribution in [3.05, 3.63) is 29.1 Å². The molecule has 0 aromatic carbocycles. The van der Waals surface area contributed by atoms with Crippen molar-refractivity contribution >= 4 is 0 Å². The molecule has 2 saturated heterocycles. The Balaban J connectivity index is 1.31. The number of likely N-dealkylation sites (tertiary alicyclic amines) is 2. The smallest absolute Gasteiger partial charge is 0.146 e. The van der Waals surface area contributed by atoms with Gasteiger partial charge in [0.05, 0.1) is 12.2 Å². The summed E-state index contributed by atoms with van der Waals surface area (Å²) in [4.78, 5) is 5.11. The Kier molecular flexibility index (Phi) is 6.11. The Morgan fingerprint density at radius 3 is 2.54 bits per heavy atom. The van der Waals surface area contributed by atoms with E-state index >= 15 is 0 Å². The van der Waals surface area contributed by atoms with E-state index in [1.807, 2.05) is 0 Å². The second-order valence-electron chi connectivity index (χ2n) is 8.66. The highest BCUT2D eigenvalue weighted by atomic mass is 15.3. The number of hydrogen-bond donors (Lipinski definition) is 0. The van der Waals surface area contributed by atoms with Crippen molar-refractivity contribution in [3.8, 4) is 0 Å². The van der Waals surface area contributed by atoms with E-state index in [2.05, 4.69) is 61.3 Å². The average Bonchev–Trinajstić information content (AvgIpc) is 3.39. The van der Waals surface area contributed by atoms with Gasteiger partial charge in [0.2, 0.25) is 0 Å². The van der Waals surface area contributed by atoms with E-state index < -0.39 is 0 Å². The van der Waals surface area contributed by atoms with Crippen LogP contribution in [0.4, 0.5) is 0 Å². The second-order valence-corrected chi connectivity index (χ2v) is 8.66. The lowest BCUT2D eigenvalue weighted by Crippen LogP contribution is -2.36. The molecule has 4 heterocycles. The fourth-order valence-electron chi connectivity index (χ4n) is 4.82. The van der Waals surface area contributed by atoms with Crippen LogP contribution in [-0.2, 0) is 20.1 Å². The standard InChI is InChI=1S/C21H35N7/c1-17-14-18(2)28(24-17)13-7-12-26-11-6-8-19(15-26)21-23-22-20(25(21)3)16-27-9-4-5-10-27/h14,19H,4-13,15-16H2,1-3H3/t19-/m1/s1. The molecule has 28 heavy (non-hydrogen) atoms. The first kappa shape index (κ1) is 19.6. The quantitative estimate of drug-likeness (QED) is 0.733. The second kappa shape index (κ2) is 8.74. The van der Waals surface area contributed by atoms with E-state index in [0.717, 1.165) is 44.1 Å². The third-order valence-corrected chi connectivity index (χ3v) is 6.38. The molecule has 2 aromatic heterocycles. The van der Waals surface area contributed by atoms with Crippen molar-refractivity contribution < 1.29 is 0 Å².